The van der Waals surface area contributed by atoms with Crippen LogP contribution < -0.4 is 58.9 Å². The summed E-state index contributed by atoms with van der Waals surface area (Å²) >= 11 is 0. The van der Waals surface area contributed by atoms with E-state index in [-0.39, 0.29) is 158 Å². The number of hydrogen-bond acceptors (Lipinski definition) is 21. The van der Waals surface area contributed by atoms with Gasteiger partial charge in [0.2, 0.25) is 23.6 Å². The lowest BCUT2D eigenvalue weighted by Gasteiger charge is -2.27. The number of carboxylic acid groups (broad SMARTS) is 1. The summed E-state index contributed by atoms with van der Waals surface area (Å²) in [7, 11) is 1.83. The van der Waals surface area contributed by atoms with E-state index in [0.717, 1.165) is 46.2 Å². The average Bonchev–Trinajstić information content (AvgIpc) is 1.33. The number of rotatable bonds is 28. The third-order valence-electron chi connectivity index (χ3n) is 20.9. The molecule has 13 N–H and O–H groups in total. The van der Waals surface area contributed by atoms with Gasteiger partial charge in [-0.05, 0) is 164 Å². The number of amides is 12. The molecule has 129 heavy (non-hydrogen) atoms. The van der Waals surface area contributed by atoms with E-state index in [9.17, 15) is 97.9 Å². The van der Waals surface area contributed by atoms with Gasteiger partial charge in [0.25, 0.3) is 47.3 Å². The Morgan fingerprint density at radius 1 is 0.496 bits per heavy atom. The minimum absolute atomic E-state index is 0.00529. The number of imide groups is 4. The molecule has 0 aliphatic carbocycles. The first-order valence-electron chi connectivity index (χ1n) is 40.6. The molecule has 0 radical (unpaired) electrons. The van der Waals surface area contributed by atoms with Gasteiger partial charge in [0, 0.05) is 92.4 Å². The number of carbonyl (C=O) groups excluding carboxylic acids is 13. The molecule has 2 saturated heterocycles. The average molecular weight is 1790 g/mol. The van der Waals surface area contributed by atoms with Crippen LogP contribution in [0.5, 0.6) is 0 Å². The molecule has 6 heterocycles. The molecule has 4 aliphatic heterocycles. The summed E-state index contributed by atoms with van der Waals surface area (Å²) in [6.45, 7) is 0.276. The van der Waals surface area contributed by atoms with E-state index >= 15 is 8.78 Å². The predicted octanol–water partition coefficient (Wildman–Crippen LogP) is 12.3. The number of alkyl halides is 7. The maximum Gasteiger partial charge on any atom is 0.417 e. The van der Waals surface area contributed by atoms with Gasteiger partial charge in [0.15, 0.2) is 5.78 Å². The minimum Gasteiger partial charge on any atom is -0.480 e. The van der Waals surface area contributed by atoms with Crippen molar-refractivity contribution in [1.29, 1.82) is 0 Å². The summed E-state index contributed by atoms with van der Waals surface area (Å²) in [5, 5.41) is 35.3. The lowest BCUT2D eigenvalue weighted by Crippen LogP contribution is -2.54. The zero-order valence-electron chi connectivity index (χ0n) is 69.6. The largest absolute Gasteiger partial charge is 0.480 e. The van der Waals surface area contributed by atoms with Gasteiger partial charge in [-0.25, -0.2) is 8.78 Å². The Bertz CT molecular complexity index is 6130. The van der Waals surface area contributed by atoms with Gasteiger partial charge in [-0.3, -0.25) is 102 Å². The molecule has 4 aliphatic rings. The Labute approximate surface area is 729 Å². The lowest BCUT2D eigenvalue weighted by molar-refractivity contribution is -0.137. The molecular formula is C90H82F9N15O15. The van der Waals surface area contributed by atoms with Crippen LogP contribution in [0.3, 0.4) is 0 Å². The number of piperidine rings is 2. The maximum atomic E-state index is 15.5. The van der Waals surface area contributed by atoms with Crippen molar-refractivity contribution in [1.82, 2.24) is 51.7 Å². The third kappa shape index (κ3) is 21.8. The molecule has 12 amide bonds. The highest BCUT2D eigenvalue weighted by Crippen LogP contribution is 2.45. The zero-order chi connectivity index (χ0) is 94.0. The van der Waals surface area contributed by atoms with Gasteiger partial charge in [0.05, 0.1) is 93.1 Å². The van der Waals surface area contributed by atoms with E-state index in [4.69, 9.17) is 12.2 Å². The second kappa shape index (κ2) is 41.7. The third-order valence-corrected chi connectivity index (χ3v) is 20.9. The summed E-state index contributed by atoms with van der Waals surface area (Å²) in [5.41, 5.74) is 3.96. The van der Waals surface area contributed by atoms with Crippen molar-refractivity contribution in [2.24, 2.45) is 5.73 Å². The molecule has 30 nitrogen and oxygen atoms in total. The van der Waals surface area contributed by atoms with E-state index in [0.29, 0.717) is 50.0 Å². The molecule has 0 bridgehead atoms. The van der Waals surface area contributed by atoms with Crippen LogP contribution in [0, 0.1) is 11.6 Å². The van der Waals surface area contributed by atoms with Crippen LogP contribution >= 0.6 is 0 Å². The topological polar surface area (TPSA) is 438 Å². The van der Waals surface area contributed by atoms with Gasteiger partial charge in [-0.1, -0.05) is 67.1 Å². The number of carbonyl (C=O) groups is 14. The zero-order valence-corrected chi connectivity index (χ0v) is 68.6. The number of nitrogens with zero attached hydrogens (tertiary/aromatic N) is 4. The van der Waals surface area contributed by atoms with Crippen molar-refractivity contribution < 1.29 is 113 Å². The number of nitrogens with two attached hydrogens (primary N) is 1. The number of para-hydroxylation sites is 2. The summed E-state index contributed by atoms with van der Waals surface area (Å²) < 4.78 is 132. The highest BCUT2D eigenvalue weighted by molar-refractivity contribution is 6.27. The Kier molecular flexibility index (Phi) is 30.0. The first-order chi connectivity index (χ1) is 62.1. The van der Waals surface area contributed by atoms with Crippen molar-refractivity contribution in [3.05, 3.63) is 237 Å². The number of benzene rings is 8. The number of ketones is 1. The van der Waals surface area contributed by atoms with Crippen LogP contribution in [0.2, 0.25) is 0 Å². The van der Waals surface area contributed by atoms with Gasteiger partial charge in [-0.15, -0.1) is 0 Å². The molecule has 14 rings (SSSR count). The minimum atomic E-state index is -4.88. The summed E-state index contributed by atoms with van der Waals surface area (Å²) in [5.74, 6) is -10.9. The van der Waals surface area contributed by atoms with Crippen LogP contribution in [0.15, 0.2) is 170 Å². The van der Waals surface area contributed by atoms with E-state index < -0.39 is 149 Å². The number of anilines is 6. The summed E-state index contributed by atoms with van der Waals surface area (Å²) in [4.78, 5) is 183. The first kappa shape index (κ1) is 92.9. The number of unbranched alkanes of at least 4 members (excludes halogenated alkanes) is 3. The molecule has 2 fully saturated rings. The molecule has 39 heteroatoms. The number of halogens is 9. The van der Waals surface area contributed by atoms with Crippen molar-refractivity contribution in [2.75, 3.05) is 75.2 Å². The van der Waals surface area contributed by atoms with Gasteiger partial charge < -0.3 is 53.4 Å². The van der Waals surface area contributed by atoms with Gasteiger partial charge in [0.1, 0.15) is 30.3 Å². The fourth-order valence-corrected chi connectivity index (χ4v) is 14.6. The highest BCUT2D eigenvalue weighted by atomic mass is 19.4. The Balaban J connectivity index is 0.000000206. The smallest absolute Gasteiger partial charge is 0.417 e. The van der Waals surface area contributed by atoms with Gasteiger partial charge in [-0.2, -0.15) is 26.3 Å². The van der Waals surface area contributed by atoms with E-state index in [2.05, 4.69) is 63.1 Å². The Hall–Kier alpha value is -15.3. The molecule has 2 aromatic heterocycles. The van der Waals surface area contributed by atoms with Crippen LogP contribution in [0.25, 0.3) is 44.1 Å². The van der Waals surface area contributed by atoms with Crippen LogP contribution in [-0.2, 0) is 41.1 Å². The standard InChI is InChI=1S/C45H39F4N7O7.C29H27F4N5O2.C15H13N3O6.CH3F/c1-50-40(59)31-23-53-35-21-32(45(47,48)49)29(20-30(35)39(31)54-25-9-4-2-5-10-25)24-14-15-27(33(46)19-24)41(60)51-18-7-3-6-11-26(57)22-52-34-13-8-12-28-38(34)44(63)56(43(28)62)36-16-17-37(58)55-42(36)61;1-35-27(39)22-16-37-25-15-23(29(31,32)33)20(14-21(25)26(22)38-18-7-3-2-4-8-18)17-9-10-19(24(30)13-17)28(40)36-12-6-5-11-34;19-10-5-4-9(13(22)17-10)18-14(23)7-2-1-3-8(12(7)15(18)24)16-6-11(20)21;1-2/h2,4-5,8-10,12-15,19-21,23,36,52H,3,6-7,11,16-18,22H2,1H3,(H,50,59)(H,51,60)(H,53,54)(H,55,58,61);2-4,7-10,13-16H,5-6,11-12,34H2,1H3,(H,35,39)(H,36,40)(H,37,38);1-3,9,16H,4-6H2,(H,20,21)(H,17,19,22);1H3/i;;;1D. The van der Waals surface area contributed by atoms with Crippen molar-refractivity contribution in [2.45, 2.75) is 88.6 Å². The quantitative estimate of drug-likeness (QED) is 0.0123. The number of nitrogens with one attached hydrogen (secondary N) is 10. The number of fused-ring (bicyclic) bond motifs is 4. The number of Topliss-reactive ketones (excluding diaryl/α,β-unsaturated/α-hetero) is 1. The van der Waals surface area contributed by atoms with Crippen LogP contribution in [0.4, 0.5) is 73.6 Å². The molecule has 2 atom stereocenters. The fraction of sp³-hybridized carbons (Fsp3) is 0.244. The van der Waals surface area contributed by atoms with E-state index in [1.165, 1.54) is 87.2 Å². The van der Waals surface area contributed by atoms with E-state index in [1.807, 2.05) is 0 Å². The van der Waals surface area contributed by atoms with Crippen LogP contribution in [-0.4, -0.2) is 174 Å². The predicted molar refractivity (Wildman–Crippen MR) is 455 cm³/mol. The van der Waals surface area contributed by atoms with Crippen molar-refractivity contribution in [3.8, 4) is 22.3 Å². The molecule has 2 unspecified atom stereocenters. The summed E-state index contributed by atoms with van der Waals surface area (Å²) in [6, 6.07) is 34.8. The molecule has 0 spiro atoms. The normalized spacial score (nSPS) is 14.7. The van der Waals surface area contributed by atoms with E-state index in [1.54, 1.807) is 60.7 Å². The SMILES string of the molecule is CNC(=O)c1cnc2cc(C(F)(F)F)c(-c3ccc(C(=O)NCCCCCC(=O)CNc4cccc5c4C(=O)N(C4CCC(=O)NC4=O)C5=O)c(F)c3)cc2c1Nc1ccccc1.CNC(=O)c1cnc2cc(C(F)(F)F)c(-c3ccc(C(=O)NCCCCN)c(F)c3)cc2c1Nc1ccccc1.O=C(O)CNc1cccc2c1C(=O)N(C1CCC(=O)NC1=O)C2=O.[2H]CF. The molecule has 10 aromatic rings. The molecular weight excluding hydrogens is 1700 g/mol. The number of carboxylic acids is 1. The van der Waals surface area contributed by atoms with Gasteiger partial charge >= 0.3 is 18.3 Å². The fourth-order valence-electron chi connectivity index (χ4n) is 14.6. The molecule has 8 aromatic carbocycles. The lowest BCUT2D eigenvalue weighted by atomic mass is 9.94. The van der Waals surface area contributed by atoms with Crippen molar-refractivity contribution >= 4 is 139 Å². The summed E-state index contributed by atoms with van der Waals surface area (Å²) in [6.07, 6.45) is -4.43. The second-order valence-corrected chi connectivity index (χ2v) is 29.3. The highest BCUT2D eigenvalue weighted by Gasteiger charge is 2.48. The van der Waals surface area contributed by atoms with Crippen molar-refractivity contribution in [3.63, 3.8) is 0 Å². The Morgan fingerprint density at radius 2 is 0.907 bits per heavy atom. The molecule has 670 valence electrons. The number of pyridine rings is 2. The maximum absolute atomic E-state index is 15.5. The number of hydrogen-bond donors (Lipinski definition) is 12. The van der Waals surface area contributed by atoms with Crippen LogP contribution in [0.1, 0.15) is 160 Å². The number of aliphatic carboxylic acids is 1. The second-order valence-electron chi connectivity index (χ2n) is 29.3. The first-order valence-corrected chi connectivity index (χ1v) is 39.9. The monoisotopic (exact) mass is 1780 g/mol. The molecule has 0 saturated carbocycles. The number of aromatic nitrogens is 2. The Morgan fingerprint density at radius 3 is 1.29 bits per heavy atom.